The largest absolute Gasteiger partial charge is 0.497 e. The summed E-state index contributed by atoms with van der Waals surface area (Å²) in [5.74, 6) is 0.708. The molecule has 11 heteroatoms. The van der Waals surface area contributed by atoms with Crippen LogP contribution in [0.25, 0.3) is 22.0 Å². The summed E-state index contributed by atoms with van der Waals surface area (Å²) in [5, 5.41) is 2.67. The molecule has 3 heterocycles. The number of nitrogens with zero attached hydrogens (tertiary/aromatic N) is 4. The summed E-state index contributed by atoms with van der Waals surface area (Å²) in [6.07, 6.45) is -0.319. The second kappa shape index (κ2) is 11.7. The van der Waals surface area contributed by atoms with E-state index in [0.29, 0.717) is 12.2 Å². The number of nitrogens with one attached hydrogen (secondary N) is 1. The highest BCUT2D eigenvalue weighted by molar-refractivity contribution is 6.34. The van der Waals surface area contributed by atoms with Gasteiger partial charge in [-0.25, -0.2) is 9.97 Å². The highest BCUT2D eigenvalue weighted by atomic mass is 35.5. The lowest BCUT2D eigenvalue weighted by molar-refractivity contribution is -0.137. The van der Waals surface area contributed by atoms with Crippen molar-refractivity contribution in [3.63, 3.8) is 0 Å². The minimum absolute atomic E-state index is 0.365. The zero-order valence-corrected chi connectivity index (χ0v) is 23.6. The van der Waals surface area contributed by atoms with Gasteiger partial charge < -0.3 is 15.0 Å². The second-order valence-corrected chi connectivity index (χ2v) is 10.0. The highest BCUT2D eigenvalue weighted by Gasteiger charge is 2.35. The number of methoxy groups -OCH3 is 1. The van der Waals surface area contributed by atoms with Crippen molar-refractivity contribution in [2.45, 2.75) is 19.6 Å². The van der Waals surface area contributed by atoms with Gasteiger partial charge in [-0.3, -0.25) is 9.78 Å². The third-order valence-corrected chi connectivity index (χ3v) is 7.12. The average molecular weight is 592 g/mol. The molecule has 0 unspecified atom stereocenters. The first-order chi connectivity index (χ1) is 20.0. The quantitative estimate of drug-likeness (QED) is 0.210. The smallest absolute Gasteiger partial charge is 0.417 e. The standard InChI is InChI=1S/C31H25ClF3N5O2/c1-18-4-7-22(39-30(41)29-28(32)25(10-11-36-29)31(33,34)35)13-24(18)20-12-21-16-38-27(14-26(21)37-15-20)40(2)17-19-5-8-23(42-3)9-6-19/h4-16H,17H2,1-3H3,(H,39,41). The van der Waals surface area contributed by atoms with Gasteiger partial charge in [0.05, 0.1) is 23.2 Å². The molecule has 0 aliphatic carbocycles. The summed E-state index contributed by atoms with van der Waals surface area (Å²) >= 11 is 5.88. The molecule has 0 radical (unpaired) electrons. The van der Waals surface area contributed by atoms with Crippen LogP contribution in [0.5, 0.6) is 5.75 Å². The second-order valence-electron chi connectivity index (χ2n) is 9.67. The molecule has 1 N–H and O–H groups in total. The van der Waals surface area contributed by atoms with Crippen molar-refractivity contribution < 1.29 is 22.7 Å². The van der Waals surface area contributed by atoms with Gasteiger partial charge in [-0.15, -0.1) is 0 Å². The molecule has 0 bridgehead atoms. The fraction of sp³-hybridized carbons (Fsp3) is 0.161. The van der Waals surface area contributed by atoms with E-state index < -0.39 is 28.4 Å². The maximum absolute atomic E-state index is 13.2. The van der Waals surface area contributed by atoms with Crippen LogP contribution in [-0.2, 0) is 12.7 Å². The molecule has 2 aromatic carbocycles. The van der Waals surface area contributed by atoms with Gasteiger partial charge in [-0.1, -0.05) is 29.8 Å². The number of hydrogen-bond acceptors (Lipinski definition) is 6. The molecule has 0 saturated carbocycles. The molecule has 5 aromatic rings. The average Bonchev–Trinajstić information content (AvgIpc) is 2.97. The van der Waals surface area contributed by atoms with Gasteiger partial charge in [0.15, 0.2) is 0 Å². The zero-order chi connectivity index (χ0) is 30.0. The number of halogens is 4. The van der Waals surface area contributed by atoms with Gasteiger partial charge in [0.1, 0.15) is 17.3 Å². The van der Waals surface area contributed by atoms with Crippen molar-refractivity contribution in [2.75, 3.05) is 24.4 Å². The lowest BCUT2D eigenvalue weighted by Gasteiger charge is -2.19. The Balaban J connectivity index is 1.37. The summed E-state index contributed by atoms with van der Waals surface area (Å²) in [4.78, 5) is 27.9. The Morgan fingerprint density at radius 3 is 2.48 bits per heavy atom. The van der Waals surface area contributed by atoms with Crippen molar-refractivity contribution in [1.29, 1.82) is 0 Å². The van der Waals surface area contributed by atoms with Crippen LogP contribution in [0.1, 0.15) is 27.2 Å². The number of aryl methyl sites for hydroxylation is 1. The number of alkyl halides is 3. The number of hydrogen-bond donors (Lipinski definition) is 1. The predicted molar refractivity (Wildman–Crippen MR) is 157 cm³/mol. The SMILES string of the molecule is COc1ccc(CN(C)c2cc3ncc(-c4cc(NC(=O)c5nccc(C(F)(F)F)c5Cl)ccc4C)cc3cn2)cc1. The Kier molecular flexibility index (Phi) is 8.00. The predicted octanol–water partition coefficient (Wildman–Crippen LogP) is 7.57. The molecule has 0 saturated heterocycles. The molecule has 0 aliphatic heterocycles. The molecular weight excluding hydrogens is 567 g/mol. The fourth-order valence-electron chi connectivity index (χ4n) is 4.48. The normalized spacial score (nSPS) is 11.4. The number of anilines is 2. The molecule has 0 spiro atoms. The van der Waals surface area contributed by atoms with Gasteiger partial charge in [0, 0.05) is 54.9 Å². The molecule has 214 valence electrons. The van der Waals surface area contributed by atoms with Crippen LogP contribution < -0.4 is 15.0 Å². The van der Waals surface area contributed by atoms with Crippen molar-refractivity contribution in [3.8, 4) is 16.9 Å². The maximum Gasteiger partial charge on any atom is 0.417 e. The van der Waals surface area contributed by atoms with E-state index in [-0.39, 0.29) is 0 Å². The van der Waals surface area contributed by atoms with Crippen molar-refractivity contribution in [3.05, 3.63) is 107 Å². The van der Waals surface area contributed by atoms with Gasteiger partial charge in [0.25, 0.3) is 5.91 Å². The van der Waals surface area contributed by atoms with Crippen LogP contribution in [0.4, 0.5) is 24.7 Å². The third kappa shape index (κ3) is 6.13. The number of carbonyl (C=O) groups excluding carboxylic acids is 1. The van der Waals surface area contributed by atoms with Crippen LogP contribution in [0.2, 0.25) is 5.02 Å². The lowest BCUT2D eigenvalue weighted by Crippen LogP contribution is -2.17. The Labute approximate surface area is 245 Å². The first kappa shape index (κ1) is 28.8. The molecule has 3 aromatic heterocycles. The number of aromatic nitrogens is 3. The van der Waals surface area contributed by atoms with E-state index in [1.807, 2.05) is 55.3 Å². The molecule has 0 aliphatic rings. The highest BCUT2D eigenvalue weighted by Crippen LogP contribution is 2.36. The molecule has 42 heavy (non-hydrogen) atoms. The van der Waals surface area contributed by atoms with Gasteiger partial charge in [-0.05, 0) is 60.0 Å². The van der Waals surface area contributed by atoms with E-state index in [2.05, 4.69) is 20.3 Å². The van der Waals surface area contributed by atoms with E-state index >= 15 is 0 Å². The van der Waals surface area contributed by atoms with E-state index in [9.17, 15) is 18.0 Å². The van der Waals surface area contributed by atoms with E-state index in [0.717, 1.165) is 57.0 Å². The van der Waals surface area contributed by atoms with Gasteiger partial charge >= 0.3 is 6.18 Å². The number of pyridine rings is 3. The topological polar surface area (TPSA) is 80.2 Å². The van der Waals surface area contributed by atoms with Crippen LogP contribution >= 0.6 is 11.6 Å². The number of amides is 1. The van der Waals surface area contributed by atoms with Crippen molar-refractivity contribution in [1.82, 2.24) is 15.0 Å². The first-order valence-corrected chi connectivity index (χ1v) is 13.1. The third-order valence-electron chi connectivity index (χ3n) is 6.74. The summed E-state index contributed by atoms with van der Waals surface area (Å²) in [6.45, 7) is 2.56. The monoisotopic (exact) mass is 591 g/mol. The van der Waals surface area contributed by atoms with Gasteiger partial charge in [-0.2, -0.15) is 13.2 Å². The number of ether oxygens (including phenoxy) is 1. The van der Waals surface area contributed by atoms with Crippen LogP contribution in [0.15, 0.2) is 79.3 Å². The summed E-state index contributed by atoms with van der Waals surface area (Å²) in [5.41, 5.74) is 3.07. The van der Waals surface area contributed by atoms with Crippen molar-refractivity contribution >= 4 is 39.9 Å². The molecular formula is C31H25ClF3N5O2. The number of fused-ring (bicyclic) bond motifs is 1. The first-order valence-electron chi connectivity index (χ1n) is 12.8. The molecule has 7 nitrogen and oxygen atoms in total. The Morgan fingerprint density at radius 2 is 1.76 bits per heavy atom. The molecule has 0 fully saturated rings. The van der Waals surface area contributed by atoms with Gasteiger partial charge in [0.2, 0.25) is 0 Å². The Hall–Kier alpha value is -4.70. The van der Waals surface area contributed by atoms with E-state index in [1.54, 1.807) is 37.7 Å². The fourth-order valence-corrected chi connectivity index (χ4v) is 4.78. The zero-order valence-electron chi connectivity index (χ0n) is 22.8. The Morgan fingerprint density at radius 1 is 1.00 bits per heavy atom. The lowest BCUT2D eigenvalue weighted by atomic mass is 10.00. The van der Waals surface area contributed by atoms with E-state index in [4.69, 9.17) is 16.3 Å². The number of carbonyl (C=O) groups is 1. The summed E-state index contributed by atoms with van der Waals surface area (Å²) in [7, 11) is 3.59. The summed E-state index contributed by atoms with van der Waals surface area (Å²) < 4.78 is 44.9. The molecule has 5 rings (SSSR count). The number of rotatable bonds is 7. The van der Waals surface area contributed by atoms with Crippen LogP contribution in [0, 0.1) is 6.92 Å². The van der Waals surface area contributed by atoms with E-state index in [1.165, 1.54) is 0 Å². The summed E-state index contributed by atoms with van der Waals surface area (Å²) in [6, 6.07) is 17.6. The van der Waals surface area contributed by atoms with Crippen molar-refractivity contribution in [2.24, 2.45) is 0 Å². The van der Waals surface area contributed by atoms with Crippen LogP contribution in [0.3, 0.4) is 0 Å². The minimum Gasteiger partial charge on any atom is -0.497 e. The molecule has 0 atom stereocenters. The maximum atomic E-state index is 13.2. The van der Waals surface area contributed by atoms with Crippen LogP contribution in [-0.4, -0.2) is 35.0 Å². The Bertz CT molecular complexity index is 1780. The molecule has 1 amide bonds. The minimum atomic E-state index is -4.71. The number of benzene rings is 2.